The Morgan fingerprint density at radius 1 is 1.42 bits per heavy atom. The lowest BCUT2D eigenvalue weighted by molar-refractivity contribution is -0.124. The molecule has 1 aromatic carbocycles. The highest BCUT2D eigenvalue weighted by Crippen LogP contribution is 2.28. The van der Waals surface area contributed by atoms with Crippen LogP contribution in [0.3, 0.4) is 0 Å². The largest absolute Gasteiger partial charge is 0.459 e. The number of hydrogen-bond acceptors (Lipinski definition) is 4. The summed E-state index contributed by atoms with van der Waals surface area (Å²) in [6.45, 7) is 7.96. The van der Waals surface area contributed by atoms with E-state index < -0.39 is 0 Å². The number of fused-ring (bicyclic) bond motifs is 1. The molecule has 3 rings (SSSR count). The molecule has 0 unspecified atom stereocenters. The number of amides is 1. The first-order valence-electron chi connectivity index (χ1n) is 8.53. The Balaban J connectivity index is 1.58. The van der Waals surface area contributed by atoms with Crippen molar-refractivity contribution in [2.45, 2.75) is 26.8 Å². The molecule has 0 saturated carbocycles. The molecule has 5 nitrogen and oxygen atoms in total. The van der Waals surface area contributed by atoms with Crippen LogP contribution >= 0.6 is 0 Å². The summed E-state index contributed by atoms with van der Waals surface area (Å²) in [5.41, 5.74) is 3.47. The monoisotopic (exact) mass is 330 g/mol. The molecule has 2 heterocycles. The van der Waals surface area contributed by atoms with E-state index in [2.05, 4.69) is 42.3 Å². The number of benzene rings is 1. The van der Waals surface area contributed by atoms with Gasteiger partial charge in [-0.1, -0.05) is 11.6 Å². The minimum atomic E-state index is -0.0422. The van der Waals surface area contributed by atoms with E-state index in [0.29, 0.717) is 5.92 Å². The third-order valence-corrected chi connectivity index (χ3v) is 4.79. The van der Waals surface area contributed by atoms with Crippen molar-refractivity contribution in [2.75, 3.05) is 33.4 Å². The topological polar surface area (TPSA) is 54.7 Å². The Morgan fingerprint density at radius 3 is 3.04 bits per heavy atom. The van der Waals surface area contributed by atoms with E-state index in [1.54, 1.807) is 0 Å². The molecule has 0 spiro atoms. The van der Waals surface area contributed by atoms with Crippen molar-refractivity contribution >= 4 is 16.9 Å². The van der Waals surface area contributed by atoms with Crippen LogP contribution in [-0.2, 0) is 16.1 Å². The van der Waals surface area contributed by atoms with Crippen LogP contribution in [-0.4, -0.2) is 44.2 Å². The number of rotatable bonds is 6. The van der Waals surface area contributed by atoms with E-state index in [1.807, 2.05) is 0 Å². The van der Waals surface area contributed by atoms with Crippen molar-refractivity contribution in [3.05, 3.63) is 35.1 Å². The van der Waals surface area contributed by atoms with Gasteiger partial charge in [0.1, 0.15) is 18.0 Å². The number of methoxy groups -OCH3 is 1. The minimum Gasteiger partial charge on any atom is -0.459 e. The molecule has 1 aromatic heterocycles. The number of hydrogen-bond donors (Lipinski definition) is 1. The van der Waals surface area contributed by atoms with Crippen LogP contribution in [0.1, 0.15) is 23.3 Å². The Labute approximate surface area is 143 Å². The fraction of sp³-hybridized carbons (Fsp3) is 0.526. The van der Waals surface area contributed by atoms with Gasteiger partial charge in [-0.3, -0.25) is 9.69 Å². The number of likely N-dealkylation sites (tertiary alicyclic amines) is 1. The fourth-order valence-electron chi connectivity index (χ4n) is 3.40. The smallest absolute Gasteiger partial charge is 0.245 e. The maximum atomic E-state index is 11.5. The highest BCUT2D eigenvalue weighted by atomic mass is 16.5. The summed E-state index contributed by atoms with van der Waals surface area (Å²) in [5.74, 6) is 1.51. The zero-order valence-electron chi connectivity index (χ0n) is 14.7. The molecular weight excluding hydrogens is 304 g/mol. The van der Waals surface area contributed by atoms with Gasteiger partial charge in [0, 0.05) is 25.6 Å². The van der Waals surface area contributed by atoms with Gasteiger partial charge in [-0.05, 0) is 50.4 Å². The summed E-state index contributed by atoms with van der Waals surface area (Å²) < 4.78 is 10.9. The van der Waals surface area contributed by atoms with Crippen LogP contribution < -0.4 is 5.32 Å². The molecule has 0 aliphatic carbocycles. The van der Waals surface area contributed by atoms with Crippen LogP contribution in [0, 0.1) is 19.8 Å². The molecule has 5 heteroatoms. The summed E-state index contributed by atoms with van der Waals surface area (Å²) in [4.78, 5) is 13.9. The normalized spacial score (nSPS) is 18.4. The predicted molar refractivity (Wildman–Crippen MR) is 94.0 cm³/mol. The lowest BCUT2D eigenvalue weighted by atomic mass is 10.1. The minimum absolute atomic E-state index is 0.0422. The van der Waals surface area contributed by atoms with E-state index in [4.69, 9.17) is 9.15 Å². The summed E-state index contributed by atoms with van der Waals surface area (Å²) >= 11 is 0. The van der Waals surface area contributed by atoms with Crippen LogP contribution in [0.5, 0.6) is 0 Å². The van der Waals surface area contributed by atoms with Crippen LogP contribution in [0.2, 0.25) is 0 Å². The molecule has 1 saturated heterocycles. The maximum Gasteiger partial charge on any atom is 0.245 e. The van der Waals surface area contributed by atoms with Crippen molar-refractivity contribution < 1.29 is 13.9 Å². The third kappa shape index (κ3) is 3.79. The van der Waals surface area contributed by atoms with E-state index in [0.717, 1.165) is 43.9 Å². The summed E-state index contributed by atoms with van der Waals surface area (Å²) in [6, 6.07) is 6.33. The molecule has 1 N–H and O–H groups in total. The van der Waals surface area contributed by atoms with Crippen molar-refractivity contribution in [2.24, 2.45) is 5.92 Å². The van der Waals surface area contributed by atoms with Crippen molar-refractivity contribution in [1.82, 2.24) is 10.2 Å². The third-order valence-electron chi connectivity index (χ3n) is 4.79. The molecule has 1 fully saturated rings. The van der Waals surface area contributed by atoms with Crippen LogP contribution in [0.4, 0.5) is 0 Å². The molecule has 2 aromatic rings. The molecule has 1 amide bonds. The Bertz CT molecular complexity index is 723. The second-order valence-corrected chi connectivity index (χ2v) is 6.78. The van der Waals surface area contributed by atoms with Gasteiger partial charge in [0.25, 0.3) is 0 Å². The van der Waals surface area contributed by atoms with Crippen LogP contribution in [0.25, 0.3) is 11.0 Å². The van der Waals surface area contributed by atoms with Crippen LogP contribution in [0.15, 0.2) is 22.6 Å². The Morgan fingerprint density at radius 2 is 2.25 bits per heavy atom. The van der Waals surface area contributed by atoms with Gasteiger partial charge >= 0.3 is 0 Å². The number of ether oxygens (including phenoxy) is 1. The van der Waals surface area contributed by atoms with Crippen molar-refractivity contribution in [3.8, 4) is 0 Å². The number of carbonyl (C=O) groups is 1. The second kappa shape index (κ2) is 7.36. The lowest BCUT2D eigenvalue weighted by Gasteiger charge is -2.15. The SMILES string of the molecule is COCC(=O)NC[C@H]1CCN(Cc2oc3ccc(C)cc3c2C)C1. The van der Waals surface area contributed by atoms with Crippen molar-refractivity contribution in [3.63, 3.8) is 0 Å². The van der Waals surface area contributed by atoms with Gasteiger partial charge in [-0.25, -0.2) is 0 Å². The van der Waals surface area contributed by atoms with Gasteiger partial charge in [-0.15, -0.1) is 0 Å². The van der Waals surface area contributed by atoms with E-state index in [1.165, 1.54) is 23.6 Å². The van der Waals surface area contributed by atoms with Crippen molar-refractivity contribution in [1.29, 1.82) is 0 Å². The average Bonchev–Trinajstić information content (AvgIpc) is 3.12. The summed E-state index contributed by atoms with van der Waals surface area (Å²) in [5, 5.41) is 4.15. The van der Waals surface area contributed by atoms with E-state index >= 15 is 0 Å². The zero-order valence-corrected chi connectivity index (χ0v) is 14.7. The molecule has 0 bridgehead atoms. The Kier molecular flexibility index (Phi) is 5.21. The zero-order chi connectivity index (χ0) is 17.1. The molecule has 1 aliphatic rings. The fourth-order valence-corrected chi connectivity index (χ4v) is 3.40. The van der Waals surface area contributed by atoms with Gasteiger partial charge in [0.15, 0.2) is 0 Å². The first-order chi connectivity index (χ1) is 11.6. The first-order valence-corrected chi connectivity index (χ1v) is 8.53. The Hall–Kier alpha value is -1.85. The summed E-state index contributed by atoms with van der Waals surface area (Å²) in [7, 11) is 1.54. The van der Waals surface area contributed by atoms with Gasteiger partial charge in [-0.2, -0.15) is 0 Å². The molecule has 24 heavy (non-hydrogen) atoms. The van der Waals surface area contributed by atoms with Gasteiger partial charge < -0.3 is 14.5 Å². The number of furan rings is 1. The van der Waals surface area contributed by atoms with E-state index in [9.17, 15) is 4.79 Å². The van der Waals surface area contributed by atoms with Gasteiger partial charge in [0.2, 0.25) is 5.91 Å². The quantitative estimate of drug-likeness (QED) is 0.885. The molecular formula is C19H26N2O3. The maximum absolute atomic E-state index is 11.5. The van der Waals surface area contributed by atoms with E-state index in [-0.39, 0.29) is 12.5 Å². The average molecular weight is 330 g/mol. The predicted octanol–water partition coefficient (Wildman–Crippen LogP) is 2.63. The highest BCUT2D eigenvalue weighted by molar-refractivity contribution is 5.82. The van der Waals surface area contributed by atoms with Gasteiger partial charge in [0.05, 0.1) is 6.54 Å². The number of nitrogens with one attached hydrogen (secondary N) is 1. The first kappa shape index (κ1) is 17.0. The second-order valence-electron chi connectivity index (χ2n) is 6.78. The number of nitrogens with zero attached hydrogens (tertiary/aromatic N) is 1. The lowest BCUT2D eigenvalue weighted by Crippen LogP contribution is -2.33. The molecule has 130 valence electrons. The molecule has 1 aliphatic heterocycles. The molecule has 1 atom stereocenters. The standard InChI is InChI=1S/C19H26N2O3/c1-13-4-5-17-16(8-13)14(2)18(24-17)11-21-7-6-15(10-21)9-20-19(22)12-23-3/h4-5,8,15H,6-7,9-12H2,1-3H3,(H,20,22)/t15-/m1/s1. The summed E-state index contributed by atoms with van der Waals surface area (Å²) in [6.07, 6.45) is 1.10. The number of carbonyl (C=O) groups excluding carboxylic acids is 1. The molecule has 0 radical (unpaired) electrons. The number of aryl methyl sites for hydroxylation is 2. The highest BCUT2D eigenvalue weighted by Gasteiger charge is 2.24.